The molecular formula is C64H103N3O16. The van der Waals surface area contributed by atoms with Gasteiger partial charge in [0, 0.05) is 56.4 Å². The summed E-state index contributed by atoms with van der Waals surface area (Å²) in [7, 11) is 0. The first-order valence-electron chi connectivity index (χ1n) is 28.9. The summed E-state index contributed by atoms with van der Waals surface area (Å²) in [5.41, 5.74) is 11.2. The molecule has 0 radical (unpaired) electrons. The van der Waals surface area contributed by atoms with Crippen molar-refractivity contribution in [1.82, 2.24) is 0 Å². The van der Waals surface area contributed by atoms with Crippen LogP contribution in [-0.4, -0.2) is 181 Å². The zero-order valence-electron chi connectivity index (χ0n) is 49.4. The first-order valence-corrected chi connectivity index (χ1v) is 28.9. The van der Waals surface area contributed by atoms with Gasteiger partial charge in [-0.05, 0) is 77.2 Å². The number of carbonyl (C=O) groups is 2. The summed E-state index contributed by atoms with van der Waals surface area (Å²) >= 11 is 0. The third-order valence-corrected chi connectivity index (χ3v) is 13.6. The molecule has 0 spiro atoms. The maximum absolute atomic E-state index is 12.8. The van der Waals surface area contributed by atoms with Crippen molar-refractivity contribution in [1.29, 1.82) is 0 Å². The Morgan fingerprint density at radius 2 is 0.940 bits per heavy atom. The van der Waals surface area contributed by atoms with Gasteiger partial charge in [-0.25, -0.2) is 0 Å². The third-order valence-electron chi connectivity index (χ3n) is 13.6. The van der Waals surface area contributed by atoms with Crippen LogP contribution in [0.5, 0.6) is 0 Å². The second-order valence-corrected chi connectivity index (χ2v) is 21.4. The number of guanidine groups is 1. The van der Waals surface area contributed by atoms with E-state index in [2.05, 4.69) is 4.99 Å². The van der Waals surface area contributed by atoms with E-state index in [1.807, 2.05) is 80.7 Å². The standard InChI is InChI=1S/C64H103N3O16/c1-44(48(5)68)27-20-16-12-11-13-17-21-28-45(2)62(82)47(4)58(78)35-23-19-15-10-8-6-7-9-14-18-22-34-57(77)46(3)59(79)42-55(75)39-51(71)30-24-29-49(69)37-54(74)38-50(70)31-25-32-53(73)41-60(80)63(83)61(81)43-56(76)40-52(72)33-26-36-67-64(65)66/h6-12,14-16,18-25,27-28,30-31,35,45-47,49-58,60-63,69-78,80-83H,13,17,26,29,32-34,36-43H2,1-5H3,(H4,65,66,67)/b7-6+,10-8+,12-11+,14-9+,19-15+,20-16+,22-18+,28-21+,30-24+,31-25+,35-23+,44-27+. The second kappa shape index (κ2) is 47.2. The molecule has 0 aromatic rings. The third kappa shape index (κ3) is 41.6. The van der Waals surface area contributed by atoms with Crippen LogP contribution in [-0.2, 0) is 9.59 Å². The van der Waals surface area contributed by atoms with Crippen LogP contribution >= 0.6 is 0 Å². The molecule has 0 rings (SSSR count). The minimum atomic E-state index is -1.70. The lowest BCUT2D eigenvalue weighted by atomic mass is 9.88. The molecule has 0 bridgehead atoms. The van der Waals surface area contributed by atoms with Crippen LogP contribution < -0.4 is 11.5 Å². The highest BCUT2D eigenvalue weighted by molar-refractivity contribution is 5.92. The summed E-state index contributed by atoms with van der Waals surface area (Å²) < 4.78 is 0. The van der Waals surface area contributed by atoms with E-state index < -0.39 is 91.4 Å². The SMILES string of the molecule is CC(=O)/C(C)=C/C=C/C=C/CC/C=C/C(C)C(O)C(C)C(O)/C=C/C=C/C=C/C=C/C=C/C=C/CC(O)C(C)C(=O)CC(O)CC(O)/C=C/CC(O)CC(O)CC(O)/C=C/CC(O)CC(O)C(O)C(O)CC(O)CC(O)CCCN=C(N)N. The first kappa shape index (κ1) is 77.9. The molecule has 0 saturated carbocycles. The minimum absolute atomic E-state index is 0.0356. The summed E-state index contributed by atoms with van der Waals surface area (Å²) in [6.07, 6.45) is 25.1. The van der Waals surface area contributed by atoms with Gasteiger partial charge < -0.3 is 83.0 Å². The quantitative estimate of drug-likeness (QED) is 0.0103. The number of aliphatic imine (C=N–C) groups is 1. The highest BCUT2D eigenvalue weighted by Crippen LogP contribution is 2.21. The summed E-state index contributed by atoms with van der Waals surface area (Å²) in [6, 6.07) is 0. The number of rotatable bonds is 46. The summed E-state index contributed by atoms with van der Waals surface area (Å²) in [5.74, 6) is -1.69. The van der Waals surface area contributed by atoms with Gasteiger partial charge in [-0.15, -0.1) is 0 Å². The number of carbonyl (C=O) groups excluding carboxylic acids is 2. The number of aliphatic hydroxyl groups is 14. The summed E-state index contributed by atoms with van der Waals surface area (Å²) in [4.78, 5) is 27.8. The molecule has 19 nitrogen and oxygen atoms in total. The normalized spacial score (nSPS) is 19.6. The van der Waals surface area contributed by atoms with Gasteiger partial charge >= 0.3 is 0 Å². The largest absolute Gasteiger partial charge is 0.393 e. The molecule has 0 heterocycles. The zero-order valence-corrected chi connectivity index (χ0v) is 49.4. The maximum Gasteiger partial charge on any atom is 0.185 e. The van der Waals surface area contributed by atoms with E-state index in [-0.39, 0.29) is 93.6 Å². The van der Waals surface area contributed by atoms with Crippen molar-refractivity contribution in [3.05, 3.63) is 145 Å². The van der Waals surface area contributed by atoms with Crippen LogP contribution in [0.1, 0.15) is 125 Å². The van der Waals surface area contributed by atoms with Gasteiger partial charge in [0.05, 0.1) is 79.4 Å². The first-order chi connectivity index (χ1) is 39.2. The highest BCUT2D eigenvalue weighted by atomic mass is 16.4. The lowest BCUT2D eigenvalue weighted by molar-refractivity contribution is -0.127. The average molecular weight is 1170 g/mol. The Kier molecular flexibility index (Phi) is 44.3. The van der Waals surface area contributed by atoms with Crippen LogP contribution in [0, 0.1) is 17.8 Å². The number of Topliss-reactive ketones (excluding diaryl/α,β-unsaturated/α-hetero) is 2. The fourth-order valence-electron chi connectivity index (χ4n) is 8.20. The number of hydrogen-bond donors (Lipinski definition) is 16. The molecule has 470 valence electrons. The van der Waals surface area contributed by atoms with Crippen LogP contribution in [0.3, 0.4) is 0 Å². The molecule has 0 aliphatic rings. The molecule has 17 unspecified atom stereocenters. The van der Waals surface area contributed by atoms with Gasteiger partial charge in [0.1, 0.15) is 11.9 Å². The van der Waals surface area contributed by atoms with Gasteiger partial charge in [-0.2, -0.15) is 0 Å². The highest BCUT2D eigenvalue weighted by Gasteiger charge is 2.29. The number of hydrogen-bond acceptors (Lipinski definition) is 17. The Labute approximate surface area is 492 Å². The molecule has 19 heteroatoms. The maximum atomic E-state index is 12.8. The van der Waals surface area contributed by atoms with Crippen molar-refractivity contribution in [2.45, 2.75) is 210 Å². The molecule has 0 saturated heterocycles. The summed E-state index contributed by atoms with van der Waals surface area (Å²) in [5, 5.41) is 145. The van der Waals surface area contributed by atoms with Crippen LogP contribution in [0.25, 0.3) is 0 Å². The molecule has 0 fully saturated rings. The van der Waals surface area contributed by atoms with E-state index in [0.29, 0.717) is 25.0 Å². The molecule has 0 aromatic carbocycles. The lowest BCUT2D eigenvalue weighted by Crippen LogP contribution is -2.41. The molecule has 17 atom stereocenters. The smallest absolute Gasteiger partial charge is 0.185 e. The van der Waals surface area contributed by atoms with E-state index in [9.17, 15) is 81.1 Å². The predicted octanol–water partition coefficient (Wildman–Crippen LogP) is 3.90. The Morgan fingerprint density at radius 1 is 0.458 bits per heavy atom. The van der Waals surface area contributed by atoms with Gasteiger partial charge in [0.25, 0.3) is 0 Å². The molecule has 0 aliphatic carbocycles. The van der Waals surface area contributed by atoms with Crippen LogP contribution in [0.4, 0.5) is 0 Å². The molecule has 0 aromatic heterocycles. The van der Waals surface area contributed by atoms with Gasteiger partial charge in [0.15, 0.2) is 11.7 Å². The van der Waals surface area contributed by atoms with Crippen molar-refractivity contribution in [3.63, 3.8) is 0 Å². The number of unbranched alkanes of at least 4 members (excludes halogenated alkanes) is 1. The van der Waals surface area contributed by atoms with Crippen LogP contribution in [0.2, 0.25) is 0 Å². The van der Waals surface area contributed by atoms with Crippen molar-refractivity contribution in [2.75, 3.05) is 6.54 Å². The number of allylic oxidation sites excluding steroid dienone is 17. The molecule has 0 amide bonds. The Bertz CT molecular complexity index is 2160. The topological polar surface area (TPSA) is 382 Å². The van der Waals surface area contributed by atoms with Gasteiger partial charge in [0.2, 0.25) is 0 Å². The van der Waals surface area contributed by atoms with Gasteiger partial charge in [-0.3, -0.25) is 14.6 Å². The van der Waals surface area contributed by atoms with E-state index in [1.54, 1.807) is 62.5 Å². The fraction of sp³-hybridized carbons (Fsp3) is 0.578. The fourth-order valence-corrected chi connectivity index (χ4v) is 8.20. The van der Waals surface area contributed by atoms with Crippen molar-refractivity contribution >= 4 is 17.5 Å². The van der Waals surface area contributed by atoms with E-state index in [0.717, 1.165) is 12.8 Å². The lowest BCUT2D eigenvalue weighted by Gasteiger charge is -2.26. The van der Waals surface area contributed by atoms with Gasteiger partial charge in [-0.1, -0.05) is 161 Å². The van der Waals surface area contributed by atoms with E-state index in [1.165, 1.54) is 31.2 Å². The predicted molar refractivity (Wildman–Crippen MR) is 327 cm³/mol. The minimum Gasteiger partial charge on any atom is -0.393 e. The number of nitrogens with two attached hydrogens (primary N) is 2. The Balaban J connectivity index is 4.54. The average Bonchev–Trinajstić information content (AvgIpc) is 3.43. The second-order valence-electron chi connectivity index (χ2n) is 21.4. The Hall–Kier alpha value is -5.07. The number of aliphatic hydroxyl groups excluding tert-OH is 14. The molecule has 83 heavy (non-hydrogen) atoms. The number of ketones is 2. The zero-order chi connectivity index (χ0) is 62.7. The van der Waals surface area contributed by atoms with E-state index in [4.69, 9.17) is 11.5 Å². The van der Waals surface area contributed by atoms with Crippen LogP contribution in [0.15, 0.2) is 150 Å². The Morgan fingerprint density at radius 3 is 1.52 bits per heavy atom. The molecular weight excluding hydrogens is 1070 g/mol. The van der Waals surface area contributed by atoms with E-state index >= 15 is 0 Å². The molecule has 18 N–H and O–H groups in total. The van der Waals surface area contributed by atoms with Crippen molar-refractivity contribution in [2.24, 2.45) is 34.2 Å². The molecule has 0 aliphatic heterocycles. The van der Waals surface area contributed by atoms with Crippen molar-refractivity contribution in [3.8, 4) is 0 Å². The van der Waals surface area contributed by atoms with Crippen molar-refractivity contribution < 1.29 is 81.1 Å². The number of nitrogens with zero attached hydrogens (tertiary/aromatic N) is 1. The monoisotopic (exact) mass is 1170 g/mol. The summed E-state index contributed by atoms with van der Waals surface area (Å²) in [6.45, 7) is 8.91.